The minimum atomic E-state index is 0.509. The molecule has 4 heteroatoms. The molecule has 0 aliphatic rings. The van der Waals surface area contributed by atoms with Gasteiger partial charge >= 0.3 is 0 Å². The van der Waals surface area contributed by atoms with Gasteiger partial charge in [-0.25, -0.2) is 0 Å². The molecule has 56 valence electrons. The third-order valence-corrected chi connectivity index (χ3v) is 1.50. The summed E-state index contributed by atoms with van der Waals surface area (Å²) in [6.45, 7) is 0. The average molecular weight is 187 g/mol. The first kappa shape index (κ1) is 8.19. The van der Waals surface area contributed by atoms with Gasteiger partial charge in [0.05, 0.1) is 5.69 Å². The van der Waals surface area contributed by atoms with Crippen molar-refractivity contribution in [2.24, 2.45) is 0 Å². The molecular formula is C7H4Cl2N2. The number of rotatable bonds is 1. The molecule has 11 heavy (non-hydrogen) atoms. The number of nitrogens with one attached hydrogen (secondary N) is 1. The van der Waals surface area contributed by atoms with Gasteiger partial charge in [0.1, 0.15) is 0 Å². The van der Waals surface area contributed by atoms with Crippen LogP contribution in [0, 0.1) is 11.5 Å². The predicted molar refractivity (Wildman–Crippen MR) is 45.7 cm³/mol. The zero-order chi connectivity index (χ0) is 8.27. The molecule has 1 aromatic rings. The van der Waals surface area contributed by atoms with Crippen molar-refractivity contribution in [1.29, 1.82) is 5.26 Å². The van der Waals surface area contributed by atoms with Gasteiger partial charge in [0, 0.05) is 10.0 Å². The third-order valence-electron chi connectivity index (χ3n) is 1.06. The van der Waals surface area contributed by atoms with E-state index in [1.54, 1.807) is 24.4 Å². The molecule has 1 rings (SSSR count). The molecule has 0 atom stereocenters. The molecule has 0 unspecified atom stereocenters. The lowest BCUT2D eigenvalue weighted by atomic mass is 10.3. The molecule has 0 saturated carbocycles. The summed E-state index contributed by atoms with van der Waals surface area (Å²) in [7, 11) is 0. The molecule has 0 radical (unpaired) electrons. The Morgan fingerprint density at radius 3 is 2.18 bits per heavy atom. The van der Waals surface area contributed by atoms with E-state index in [4.69, 9.17) is 28.5 Å². The zero-order valence-electron chi connectivity index (χ0n) is 5.44. The van der Waals surface area contributed by atoms with Crippen LogP contribution in [0.25, 0.3) is 0 Å². The van der Waals surface area contributed by atoms with Crippen LogP contribution in [0.4, 0.5) is 5.69 Å². The first-order valence-corrected chi connectivity index (χ1v) is 3.59. The monoisotopic (exact) mass is 186 g/mol. The fourth-order valence-electron chi connectivity index (χ4n) is 0.691. The average Bonchev–Trinajstić information content (AvgIpc) is 1.85. The van der Waals surface area contributed by atoms with Gasteiger partial charge in [0.2, 0.25) is 0 Å². The number of benzene rings is 1. The minimum absolute atomic E-state index is 0.509. The Labute approximate surface area is 74.3 Å². The van der Waals surface area contributed by atoms with Crippen molar-refractivity contribution in [3.05, 3.63) is 28.2 Å². The second-order valence-electron chi connectivity index (χ2n) is 1.89. The lowest BCUT2D eigenvalue weighted by molar-refractivity contribution is 1.47. The molecule has 0 aliphatic carbocycles. The summed E-state index contributed by atoms with van der Waals surface area (Å²) in [5.41, 5.74) is 0.602. The van der Waals surface area contributed by atoms with Gasteiger partial charge in [-0.3, -0.25) is 5.32 Å². The second kappa shape index (κ2) is 3.47. The van der Waals surface area contributed by atoms with Crippen molar-refractivity contribution in [2.75, 3.05) is 5.32 Å². The fraction of sp³-hybridized carbons (Fsp3) is 0. The van der Waals surface area contributed by atoms with Gasteiger partial charge in [-0.15, -0.1) is 0 Å². The van der Waals surface area contributed by atoms with E-state index in [9.17, 15) is 0 Å². The smallest absolute Gasteiger partial charge is 0.181 e. The standard InChI is InChI=1S/C7H4Cl2N2/c8-5-1-6(9)3-7(2-5)11-4-10/h1-3,11H. The van der Waals surface area contributed by atoms with Gasteiger partial charge < -0.3 is 0 Å². The highest BCUT2D eigenvalue weighted by molar-refractivity contribution is 6.35. The van der Waals surface area contributed by atoms with Crippen LogP contribution in [-0.4, -0.2) is 0 Å². The summed E-state index contributed by atoms with van der Waals surface area (Å²) < 4.78 is 0. The number of nitriles is 1. The maximum Gasteiger partial charge on any atom is 0.181 e. The summed E-state index contributed by atoms with van der Waals surface area (Å²) in [4.78, 5) is 0. The van der Waals surface area contributed by atoms with E-state index >= 15 is 0 Å². The largest absolute Gasteiger partial charge is 0.293 e. The van der Waals surface area contributed by atoms with Crippen molar-refractivity contribution >= 4 is 28.9 Å². The van der Waals surface area contributed by atoms with E-state index in [0.717, 1.165) is 0 Å². The molecule has 0 bridgehead atoms. The molecule has 0 aromatic heterocycles. The van der Waals surface area contributed by atoms with Crippen LogP contribution in [0.5, 0.6) is 0 Å². The SMILES string of the molecule is N#CNc1cc(Cl)cc(Cl)c1. The summed E-state index contributed by atoms with van der Waals surface area (Å²) >= 11 is 11.3. The Hall–Kier alpha value is -0.910. The van der Waals surface area contributed by atoms with Gasteiger partial charge in [-0.1, -0.05) is 23.2 Å². The van der Waals surface area contributed by atoms with E-state index in [0.29, 0.717) is 15.7 Å². The maximum atomic E-state index is 8.25. The Kier molecular flexibility index (Phi) is 2.58. The summed E-state index contributed by atoms with van der Waals surface area (Å²) in [6.07, 6.45) is 1.77. The van der Waals surface area contributed by atoms with Crippen LogP contribution in [0.3, 0.4) is 0 Å². The molecule has 2 nitrogen and oxygen atoms in total. The van der Waals surface area contributed by atoms with Crippen LogP contribution in [0.15, 0.2) is 18.2 Å². The van der Waals surface area contributed by atoms with Crippen molar-refractivity contribution in [3.63, 3.8) is 0 Å². The van der Waals surface area contributed by atoms with Crippen molar-refractivity contribution in [2.45, 2.75) is 0 Å². The Balaban J connectivity index is 3.01. The van der Waals surface area contributed by atoms with Crippen LogP contribution in [-0.2, 0) is 0 Å². The lowest BCUT2D eigenvalue weighted by Crippen LogP contribution is -1.85. The van der Waals surface area contributed by atoms with Crippen molar-refractivity contribution in [3.8, 4) is 6.19 Å². The third kappa shape index (κ3) is 2.30. The first-order chi connectivity index (χ1) is 5.22. The highest BCUT2D eigenvalue weighted by atomic mass is 35.5. The number of anilines is 1. The molecule has 0 heterocycles. The van der Waals surface area contributed by atoms with Crippen molar-refractivity contribution in [1.82, 2.24) is 0 Å². The Bertz CT molecular complexity index is 284. The minimum Gasteiger partial charge on any atom is -0.293 e. The number of hydrogen-bond acceptors (Lipinski definition) is 2. The topological polar surface area (TPSA) is 35.8 Å². The second-order valence-corrected chi connectivity index (χ2v) is 2.77. The van der Waals surface area contributed by atoms with Gasteiger partial charge in [-0.2, -0.15) is 5.26 Å². The maximum absolute atomic E-state index is 8.25. The van der Waals surface area contributed by atoms with Gasteiger partial charge in [0.25, 0.3) is 0 Å². The Morgan fingerprint density at radius 1 is 1.18 bits per heavy atom. The van der Waals surface area contributed by atoms with Crippen LogP contribution < -0.4 is 5.32 Å². The number of halogens is 2. The van der Waals surface area contributed by atoms with E-state index < -0.39 is 0 Å². The lowest BCUT2D eigenvalue weighted by Gasteiger charge is -1.97. The number of nitrogens with zero attached hydrogens (tertiary/aromatic N) is 1. The predicted octanol–water partition coefficient (Wildman–Crippen LogP) is 2.89. The quantitative estimate of drug-likeness (QED) is 0.541. The first-order valence-electron chi connectivity index (χ1n) is 2.83. The van der Waals surface area contributed by atoms with Crippen LogP contribution in [0.2, 0.25) is 10.0 Å². The summed E-state index contributed by atoms with van der Waals surface area (Å²) in [6, 6.07) is 4.85. The zero-order valence-corrected chi connectivity index (χ0v) is 6.95. The van der Waals surface area contributed by atoms with E-state index in [2.05, 4.69) is 5.32 Å². The molecule has 0 amide bonds. The van der Waals surface area contributed by atoms with E-state index in [-0.39, 0.29) is 0 Å². The summed E-state index contributed by atoms with van der Waals surface area (Å²) in [5, 5.41) is 11.7. The highest BCUT2D eigenvalue weighted by Gasteiger charge is 1.95. The van der Waals surface area contributed by atoms with Crippen LogP contribution >= 0.6 is 23.2 Å². The molecule has 1 N–H and O–H groups in total. The van der Waals surface area contributed by atoms with Crippen molar-refractivity contribution < 1.29 is 0 Å². The molecule has 0 spiro atoms. The molecule has 0 aliphatic heterocycles. The molecule has 1 aromatic carbocycles. The molecule has 0 saturated heterocycles. The number of hydrogen-bond donors (Lipinski definition) is 1. The van der Waals surface area contributed by atoms with E-state index in [1.807, 2.05) is 0 Å². The molecule has 0 fully saturated rings. The highest BCUT2D eigenvalue weighted by Crippen LogP contribution is 2.21. The van der Waals surface area contributed by atoms with Gasteiger partial charge in [0.15, 0.2) is 6.19 Å². The normalized spacial score (nSPS) is 8.82. The fourth-order valence-corrected chi connectivity index (χ4v) is 1.22. The van der Waals surface area contributed by atoms with Gasteiger partial charge in [-0.05, 0) is 18.2 Å². The summed E-state index contributed by atoms with van der Waals surface area (Å²) in [5.74, 6) is 0. The Morgan fingerprint density at radius 2 is 1.73 bits per heavy atom. The van der Waals surface area contributed by atoms with Crippen LogP contribution in [0.1, 0.15) is 0 Å². The molecular weight excluding hydrogens is 183 g/mol. The van der Waals surface area contributed by atoms with E-state index in [1.165, 1.54) is 0 Å².